The van der Waals surface area contributed by atoms with Gasteiger partial charge in [0.2, 0.25) is 0 Å². The summed E-state index contributed by atoms with van der Waals surface area (Å²) in [6, 6.07) is 17.4. The van der Waals surface area contributed by atoms with Crippen LogP contribution in [0.5, 0.6) is 0 Å². The highest BCUT2D eigenvalue weighted by molar-refractivity contribution is 5.91. The molecule has 4 rings (SSSR count). The van der Waals surface area contributed by atoms with Crippen molar-refractivity contribution < 1.29 is 19.4 Å². The Bertz CT molecular complexity index is 982. The molecule has 4 atom stereocenters. The monoisotopic (exact) mass is 480 g/mol. The third-order valence-electron chi connectivity index (χ3n) is 6.57. The van der Waals surface area contributed by atoms with Crippen LogP contribution in [-0.4, -0.2) is 71.9 Å². The standard InChI is InChI=1S/C25H31N3O4.C2H5N/c1-17(18-10-12-20(26-2)13-11-18)27-15-16-32-23(25(27)31)22(29)24(30)28-14-6-9-21(28)19-7-4-3-5-8-19;1-2-3/h3-5,7-8,10-13,17,21-23,26,29H,6,9,14-16H2,1-2H3;2-3H,1H3/t17-,21?,22-,23-;/m1./s1. The van der Waals surface area contributed by atoms with Gasteiger partial charge in [-0.05, 0) is 56.2 Å². The SMILES string of the molecule is CC=N.CNc1ccc([C@@H](C)N2CCO[C@H]([C@@H](O)C(=O)N3CCCC3c3ccccc3)C2=O)cc1. The first-order valence-corrected chi connectivity index (χ1v) is 12.1. The maximum absolute atomic E-state index is 13.2. The molecule has 0 bridgehead atoms. The number of aliphatic hydroxyl groups excluding tert-OH is 1. The van der Waals surface area contributed by atoms with Gasteiger partial charge in [-0.3, -0.25) is 9.59 Å². The molecule has 0 radical (unpaired) electrons. The molecule has 0 aliphatic carbocycles. The third-order valence-corrected chi connectivity index (χ3v) is 6.57. The van der Waals surface area contributed by atoms with E-state index in [-0.39, 0.29) is 24.6 Å². The molecule has 188 valence electrons. The van der Waals surface area contributed by atoms with Gasteiger partial charge in [-0.25, -0.2) is 0 Å². The van der Waals surface area contributed by atoms with Crippen molar-refractivity contribution in [1.29, 1.82) is 5.41 Å². The van der Waals surface area contributed by atoms with Gasteiger partial charge in [-0.1, -0.05) is 42.5 Å². The van der Waals surface area contributed by atoms with Crippen molar-refractivity contribution in [3.05, 3.63) is 65.7 Å². The van der Waals surface area contributed by atoms with Gasteiger partial charge < -0.3 is 30.4 Å². The van der Waals surface area contributed by atoms with E-state index in [0.717, 1.165) is 29.7 Å². The maximum Gasteiger partial charge on any atom is 0.255 e. The normalized spacial score (nSPS) is 21.5. The van der Waals surface area contributed by atoms with Gasteiger partial charge in [0.1, 0.15) is 0 Å². The van der Waals surface area contributed by atoms with E-state index in [1.54, 1.807) is 16.7 Å². The highest BCUT2D eigenvalue weighted by Crippen LogP contribution is 2.33. The van der Waals surface area contributed by atoms with E-state index < -0.39 is 18.1 Å². The lowest BCUT2D eigenvalue weighted by atomic mass is 10.0. The smallest absolute Gasteiger partial charge is 0.255 e. The second-order valence-corrected chi connectivity index (χ2v) is 8.70. The molecule has 2 saturated heterocycles. The Morgan fingerprint density at radius 2 is 1.83 bits per heavy atom. The van der Waals surface area contributed by atoms with E-state index in [0.29, 0.717) is 13.1 Å². The van der Waals surface area contributed by atoms with Crippen LogP contribution < -0.4 is 5.32 Å². The number of hydrogen-bond acceptors (Lipinski definition) is 6. The summed E-state index contributed by atoms with van der Waals surface area (Å²) in [6.07, 6.45) is 0.248. The van der Waals surface area contributed by atoms with Crippen LogP contribution in [0, 0.1) is 5.41 Å². The number of morpholine rings is 1. The van der Waals surface area contributed by atoms with Gasteiger partial charge in [0.05, 0.1) is 18.7 Å². The Labute approximate surface area is 207 Å². The summed E-state index contributed by atoms with van der Waals surface area (Å²) < 4.78 is 5.63. The highest BCUT2D eigenvalue weighted by atomic mass is 16.5. The second kappa shape index (κ2) is 12.5. The number of hydrogen-bond donors (Lipinski definition) is 3. The lowest BCUT2D eigenvalue weighted by Gasteiger charge is -2.39. The molecule has 2 fully saturated rings. The first-order chi connectivity index (χ1) is 16.9. The van der Waals surface area contributed by atoms with Gasteiger partial charge in [-0.2, -0.15) is 0 Å². The quantitative estimate of drug-likeness (QED) is 0.550. The van der Waals surface area contributed by atoms with Gasteiger partial charge >= 0.3 is 0 Å². The minimum Gasteiger partial charge on any atom is -0.388 e. The number of aliphatic hydroxyl groups is 1. The minimum absolute atomic E-state index is 0.0854. The number of ether oxygens (including phenoxy) is 1. The molecule has 35 heavy (non-hydrogen) atoms. The van der Waals surface area contributed by atoms with E-state index in [1.165, 1.54) is 6.21 Å². The minimum atomic E-state index is -1.52. The molecule has 2 aromatic rings. The Kier molecular flexibility index (Phi) is 9.39. The van der Waals surface area contributed by atoms with E-state index in [9.17, 15) is 14.7 Å². The van der Waals surface area contributed by atoms with Crippen LogP contribution in [0.4, 0.5) is 5.69 Å². The predicted molar refractivity (Wildman–Crippen MR) is 136 cm³/mol. The number of carbonyl (C=O) groups excluding carboxylic acids is 2. The second-order valence-electron chi connectivity index (χ2n) is 8.70. The number of nitrogens with one attached hydrogen (secondary N) is 2. The van der Waals surface area contributed by atoms with Gasteiger partial charge in [0, 0.05) is 25.8 Å². The Hall–Kier alpha value is -3.23. The molecule has 8 nitrogen and oxygen atoms in total. The summed E-state index contributed by atoms with van der Waals surface area (Å²) in [5.41, 5.74) is 3.02. The van der Waals surface area contributed by atoms with E-state index in [2.05, 4.69) is 5.32 Å². The highest BCUT2D eigenvalue weighted by Gasteiger charge is 2.43. The average Bonchev–Trinajstić information content (AvgIpc) is 3.39. The van der Waals surface area contributed by atoms with Crippen LogP contribution in [0.1, 0.15) is 49.9 Å². The number of rotatable bonds is 6. The van der Waals surface area contributed by atoms with Gasteiger partial charge in [0.15, 0.2) is 12.2 Å². The van der Waals surface area contributed by atoms with Crippen molar-refractivity contribution in [2.24, 2.45) is 0 Å². The average molecular weight is 481 g/mol. The van der Waals surface area contributed by atoms with Gasteiger partial charge in [0.25, 0.3) is 11.8 Å². The van der Waals surface area contributed by atoms with Gasteiger partial charge in [-0.15, -0.1) is 0 Å². The van der Waals surface area contributed by atoms with Crippen LogP contribution in [-0.2, 0) is 14.3 Å². The number of likely N-dealkylation sites (tertiary alicyclic amines) is 1. The molecule has 2 aromatic carbocycles. The fraction of sp³-hybridized carbons (Fsp3) is 0.444. The molecule has 0 saturated carbocycles. The fourth-order valence-corrected chi connectivity index (χ4v) is 4.69. The predicted octanol–water partition coefficient (Wildman–Crippen LogP) is 3.40. The number of carbonyl (C=O) groups is 2. The Morgan fingerprint density at radius 1 is 1.17 bits per heavy atom. The molecule has 0 aromatic heterocycles. The van der Waals surface area contributed by atoms with Crippen LogP contribution in [0.2, 0.25) is 0 Å². The van der Waals surface area contributed by atoms with E-state index in [1.807, 2.05) is 68.6 Å². The summed E-state index contributed by atoms with van der Waals surface area (Å²) in [5, 5.41) is 20.1. The van der Waals surface area contributed by atoms with Crippen molar-refractivity contribution in [2.75, 3.05) is 32.1 Å². The molecule has 0 spiro atoms. The first-order valence-electron chi connectivity index (χ1n) is 12.1. The van der Waals surface area contributed by atoms with Crippen LogP contribution >= 0.6 is 0 Å². The topological polar surface area (TPSA) is 106 Å². The molecule has 2 aliphatic heterocycles. The van der Waals surface area contributed by atoms with E-state index in [4.69, 9.17) is 10.1 Å². The van der Waals surface area contributed by atoms with Crippen LogP contribution in [0.15, 0.2) is 54.6 Å². The number of amides is 2. The molecule has 8 heteroatoms. The number of benzene rings is 2. The molecular weight excluding hydrogens is 444 g/mol. The summed E-state index contributed by atoms with van der Waals surface area (Å²) in [4.78, 5) is 29.8. The zero-order valence-corrected chi connectivity index (χ0v) is 20.7. The summed E-state index contributed by atoms with van der Waals surface area (Å²) in [5.74, 6) is -0.791. The van der Waals surface area contributed by atoms with Crippen molar-refractivity contribution in [3.63, 3.8) is 0 Å². The van der Waals surface area contributed by atoms with Crippen molar-refractivity contribution >= 4 is 23.7 Å². The maximum atomic E-state index is 13.2. The number of nitrogens with zero attached hydrogens (tertiary/aromatic N) is 2. The Morgan fingerprint density at radius 3 is 2.46 bits per heavy atom. The molecule has 3 N–H and O–H groups in total. The molecule has 2 heterocycles. The lowest BCUT2D eigenvalue weighted by Crippen LogP contribution is -2.57. The lowest BCUT2D eigenvalue weighted by molar-refractivity contribution is -0.174. The molecule has 2 aliphatic rings. The van der Waals surface area contributed by atoms with Crippen LogP contribution in [0.3, 0.4) is 0 Å². The third kappa shape index (κ3) is 6.07. The number of anilines is 1. The largest absolute Gasteiger partial charge is 0.388 e. The first kappa shape index (κ1) is 26.4. The van der Waals surface area contributed by atoms with Crippen molar-refractivity contribution in [3.8, 4) is 0 Å². The van der Waals surface area contributed by atoms with Crippen molar-refractivity contribution in [2.45, 2.75) is 51.0 Å². The summed E-state index contributed by atoms with van der Waals surface area (Å²) in [6.45, 7) is 4.88. The molecule has 1 unspecified atom stereocenters. The molecular formula is C27H36N4O4. The Balaban J connectivity index is 0.00000108. The molecule has 2 amide bonds. The van der Waals surface area contributed by atoms with Crippen LogP contribution in [0.25, 0.3) is 0 Å². The summed E-state index contributed by atoms with van der Waals surface area (Å²) in [7, 11) is 1.86. The van der Waals surface area contributed by atoms with E-state index >= 15 is 0 Å². The summed E-state index contributed by atoms with van der Waals surface area (Å²) >= 11 is 0. The zero-order chi connectivity index (χ0) is 25.4. The fourth-order valence-electron chi connectivity index (χ4n) is 4.69. The van der Waals surface area contributed by atoms with Crippen molar-refractivity contribution in [1.82, 2.24) is 9.80 Å². The zero-order valence-electron chi connectivity index (χ0n) is 20.7.